The van der Waals surface area contributed by atoms with Gasteiger partial charge < -0.3 is 23.9 Å². The highest BCUT2D eigenvalue weighted by Gasteiger charge is 2.26. The lowest BCUT2D eigenvalue weighted by molar-refractivity contribution is -0.112. The lowest BCUT2D eigenvalue weighted by Crippen LogP contribution is -2.36. The number of amides is 1. The maximum Gasteiger partial charge on any atom is 0.251 e. The number of nitrogens with one attached hydrogen (secondary N) is 1. The molecule has 10 heteroatoms. The number of nitrogens with zero attached hydrogens (tertiary/aromatic N) is 1. The van der Waals surface area contributed by atoms with Gasteiger partial charge in [-0.3, -0.25) is 9.69 Å². The first kappa shape index (κ1) is 33.0. The number of carbonyl (C=O) groups excluding carboxylic acids is 1. The number of benzene rings is 3. The Bertz CT molecular complexity index is 1860. The standard InChI is InChI=1S/C37H42N2O7S/c1-4-16-44-25(2)45-33-10-11-34-29(22-33)23-35(46-34)27-7-12-36-30(20-27)21-28(15-19-47(36,41)42)37(40)38-31-8-5-26(6-9-31)24-39(3)32-13-17-43-18-14-32/h5-12,20-23,25,32H,4,13-19,24H2,1-3H3,(H,38,40). The Labute approximate surface area is 276 Å². The van der Waals surface area contributed by atoms with Gasteiger partial charge in [0.15, 0.2) is 16.1 Å². The molecule has 0 saturated carbocycles. The second kappa shape index (κ2) is 14.4. The fourth-order valence-corrected chi connectivity index (χ4v) is 7.55. The molecule has 9 nitrogen and oxygen atoms in total. The molecule has 2 aliphatic heterocycles. The predicted octanol–water partition coefficient (Wildman–Crippen LogP) is 7.06. The molecule has 0 aliphatic carbocycles. The maximum absolute atomic E-state index is 13.4. The summed E-state index contributed by atoms with van der Waals surface area (Å²) in [4.78, 5) is 16.0. The molecular weight excluding hydrogens is 616 g/mol. The Morgan fingerprint density at radius 1 is 1.04 bits per heavy atom. The van der Waals surface area contributed by atoms with E-state index in [1.807, 2.05) is 62.4 Å². The zero-order valence-electron chi connectivity index (χ0n) is 27.2. The Morgan fingerprint density at radius 3 is 2.60 bits per heavy atom. The average molecular weight is 659 g/mol. The molecule has 3 heterocycles. The van der Waals surface area contributed by atoms with E-state index >= 15 is 0 Å². The summed E-state index contributed by atoms with van der Waals surface area (Å²) < 4.78 is 49.6. The quantitative estimate of drug-likeness (QED) is 0.171. The van der Waals surface area contributed by atoms with Crippen LogP contribution >= 0.6 is 0 Å². The van der Waals surface area contributed by atoms with Gasteiger partial charge in [-0.15, -0.1) is 0 Å². The van der Waals surface area contributed by atoms with Crippen molar-refractivity contribution in [1.82, 2.24) is 4.90 Å². The molecule has 0 spiro atoms. The molecule has 6 rings (SSSR count). The first-order chi connectivity index (χ1) is 22.7. The average Bonchev–Trinajstić information content (AvgIpc) is 3.44. The van der Waals surface area contributed by atoms with Crippen molar-refractivity contribution in [3.05, 3.63) is 83.4 Å². The van der Waals surface area contributed by atoms with Crippen molar-refractivity contribution in [3.8, 4) is 17.1 Å². The van der Waals surface area contributed by atoms with Crippen molar-refractivity contribution in [3.63, 3.8) is 0 Å². The van der Waals surface area contributed by atoms with Crippen LogP contribution in [0, 0.1) is 0 Å². The zero-order valence-corrected chi connectivity index (χ0v) is 28.0. The fraction of sp³-hybridized carbons (Fsp3) is 0.378. The number of anilines is 1. The molecule has 1 saturated heterocycles. The molecule has 1 amide bonds. The summed E-state index contributed by atoms with van der Waals surface area (Å²) in [7, 11) is -1.46. The molecule has 1 unspecified atom stereocenters. The second-order valence-electron chi connectivity index (χ2n) is 12.3. The van der Waals surface area contributed by atoms with E-state index in [0.717, 1.165) is 50.0 Å². The van der Waals surface area contributed by atoms with Crippen LogP contribution in [-0.4, -0.2) is 64.2 Å². The van der Waals surface area contributed by atoms with E-state index in [2.05, 4.69) is 17.3 Å². The van der Waals surface area contributed by atoms with Gasteiger partial charge in [-0.25, -0.2) is 8.42 Å². The van der Waals surface area contributed by atoms with Crippen LogP contribution in [0.3, 0.4) is 0 Å². The minimum Gasteiger partial charge on any atom is -0.465 e. The molecule has 1 N–H and O–H groups in total. The molecule has 3 aromatic carbocycles. The van der Waals surface area contributed by atoms with E-state index in [-0.39, 0.29) is 29.3 Å². The highest BCUT2D eigenvalue weighted by molar-refractivity contribution is 7.91. The van der Waals surface area contributed by atoms with E-state index in [1.54, 1.807) is 24.3 Å². The third kappa shape index (κ3) is 7.96. The summed E-state index contributed by atoms with van der Waals surface area (Å²) in [5.74, 6) is 0.777. The van der Waals surface area contributed by atoms with E-state index in [0.29, 0.717) is 52.1 Å². The number of furan rings is 1. The smallest absolute Gasteiger partial charge is 0.251 e. The van der Waals surface area contributed by atoms with Crippen molar-refractivity contribution in [1.29, 1.82) is 0 Å². The first-order valence-corrected chi connectivity index (χ1v) is 17.9. The Kier molecular flexibility index (Phi) is 10.1. The molecule has 1 fully saturated rings. The molecule has 248 valence electrons. The topological polar surface area (TPSA) is 107 Å². The summed E-state index contributed by atoms with van der Waals surface area (Å²) in [6.45, 7) is 6.94. The van der Waals surface area contributed by atoms with Gasteiger partial charge >= 0.3 is 0 Å². The SMILES string of the molecule is CCCOC(C)Oc1ccc2oc(-c3ccc4c(c3)C=C(C(=O)Nc3ccc(CN(C)C5CCOCC5)cc3)CCS4(=O)=O)cc2c1. The number of fused-ring (bicyclic) bond motifs is 2. The van der Waals surface area contributed by atoms with Crippen LogP contribution in [0.25, 0.3) is 28.4 Å². The van der Waals surface area contributed by atoms with Gasteiger partial charge in [0.05, 0.1) is 17.3 Å². The van der Waals surface area contributed by atoms with Crippen LogP contribution < -0.4 is 10.1 Å². The van der Waals surface area contributed by atoms with Gasteiger partial charge in [0, 0.05) is 48.0 Å². The van der Waals surface area contributed by atoms with Gasteiger partial charge in [0.1, 0.15) is 17.1 Å². The molecule has 4 aromatic rings. The Hall–Kier alpha value is -3.96. The van der Waals surface area contributed by atoms with E-state index in [9.17, 15) is 13.2 Å². The molecule has 47 heavy (non-hydrogen) atoms. The maximum atomic E-state index is 13.4. The summed E-state index contributed by atoms with van der Waals surface area (Å²) in [6.07, 6.45) is 4.39. The molecule has 2 aliphatic rings. The summed E-state index contributed by atoms with van der Waals surface area (Å²) in [5.41, 5.74) is 4.06. The monoisotopic (exact) mass is 658 g/mol. The van der Waals surface area contributed by atoms with Crippen molar-refractivity contribution < 1.29 is 31.8 Å². The van der Waals surface area contributed by atoms with Gasteiger partial charge in [-0.05, 0) is 111 Å². The predicted molar refractivity (Wildman–Crippen MR) is 183 cm³/mol. The molecule has 1 atom stereocenters. The van der Waals surface area contributed by atoms with Gasteiger partial charge in [0.25, 0.3) is 5.91 Å². The zero-order chi connectivity index (χ0) is 33.0. The third-order valence-corrected chi connectivity index (χ3v) is 10.5. The fourth-order valence-electron chi connectivity index (χ4n) is 6.09. The number of rotatable bonds is 11. The minimum absolute atomic E-state index is 0.111. The van der Waals surface area contributed by atoms with Gasteiger partial charge in [-0.2, -0.15) is 0 Å². The molecule has 0 radical (unpaired) electrons. The summed E-state index contributed by atoms with van der Waals surface area (Å²) >= 11 is 0. The van der Waals surface area contributed by atoms with Crippen LogP contribution in [-0.2, 0) is 30.7 Å². The Morgan fingerprint density at radius 2 is 1.83 bits per heavy atom. The highest BCUT2D eigenvalue weighted by Crippen LogP contribution is 2.35. The number of ether oxygens (including phenoxy) is 3. The lowest BCUT2D eigenvalue weighted by atomic mass is 10.0. The van der Waals surface area contributed by atoms with Crippen LogP contribution in [0.15, 0.2) is 81.6 Å². The van der Waals surface area contributed by atoms with Crippen molar-refractivity contribution in [2.24, 2.45) is 0 Å². The van der Waals surface area contributed by atoms with Crippen molar-refractivity contribution in [2.45, 2.75) is 63.3 Å². The number of sulfone groups is 1. The van der Waals surface area contributed by atoms with Crippen LogP contribution in [0.5, 0.6) is 5.75 Å². The second-order valence-corrected chi connectivity index (χ2v) is 14.3. The van der Waals surface area contributed by atoms with E-state index in [4.69, 9.17) is 18.6 Å². The normalized spacial score (nSPS) is 17.1. The molecular formula is C37H42N2O7S. The molecule has 0 bridgehead atoms. The molecule has 1 aromatic heterocycles. The number of hydrogen-bond donors (Lipinski definition) is 1. The van der Waals surface area contributed by atoms with E-state index < -0.39 is 9.84 Å². The summed E-state index contributed by atoms with van der Waals surface area (Å²) in [5, 5.41) is 3.81. The highest BCUT2D eigenvalue weighted by atomic mass is 32.2. The van der Waals surface area contributed by atoms with Crippen molar-refractivity contribution in [2.75, 3.05) is 37.9 Å². The van der Waals surface area contributed by atoms with Crippen LogP contribution in [0.1, 0.15) is 50.7 Å². The third-order valence-electron chi connectivity index (χ3n) is 8.70. The first-order valence-electron chi connectivity index (χ1n) is 16.3. The van der Waals surface area contributed by atoms with E-state index in [1.165, 1.54) is 0 Å². The lowest BCUT2D eigenvalue weighted by Gasteiger charge is -2.31. The van der Waals surface area contributed by atoms with Crippen molar-refractivity contribution >= 4 is 38.5 Å². The van der Waals surface area contributed by atoms with Gasteiger partial charge in [0.2, 0.25) is 0 Å². The van der Waals surface area contributed by atoms with Crippen LogP contribution in [0.4, 0.5) is 5.69 Å². The van der Waals surface area contributed by atoms with Crippen LogP contribution in [0.2, 0.25) is 0 Å². The minimum atomic E-state index is -3.60. The largest absolute Gasteiger partial charge is 0.465 e. The number of hydrogen-bond acceptors (Lipinski definition) is 8. The summed E-state index contributed by atoms with van der Waals surface area (Å²) in [6, 6.07) is 20.9. The number of carbonyl (C=O) groups is 1. The Balaban J connectivity index is 1.18. The van der Waals surface area contributed by atoms with Gasteiger partial charge in [-0.1, -0.05) is 19.1 Å².